The van der Waals surface area contributed by atoms with Gasteiger partial charge in [0.25, 0.3) is 7.82 Å². The van der Waals surface area contributed by atoms with E-state index in [0.29, 0.717) is 23.9 Å². The van der Waals surface area contributed by atoms with E-state index in [1.54, 1.807) is 0 Å². The van der Waals surface area contributed by atoms with Crippen molar-refractivity contribution in [1.29, 1.82) is 0 Å². The van der Waals surface area contributed by atoms with E-state index in [1.165, 1.54) is 193 Å². The summed E-state index contributed by atoms with van der Waals surface area (Å²) in [6, 6.07) is -0.823. The van der Waals surface area contributed by atoms with Crippen molar-refractivity contribution in [2.75, 3.05) is 40.9 Å². The number of unbranched alkanes of at least 4 members (excludes halogenated alkanes) is 35. The minimum absolute atomic E-state index is 0.00317. The van der Waals surface area contributed by atoms with Crippen molar-refractivity contribution in [2.24, 2.45) is 0 Å². The van der Waals surface area contributed by atoms with Gasteiger partial charge in [-0.15, -0.1) is 0 Å². The third-order valence-corrected chi connectivity index (χ3v) is 15.2. The predicted octanol–water partition coefficient (Wildman–Crippen LogP) is 19.0. The second kappa shape index (κ2) is 55.9. The number of quaternary nitrogens is 1. The maximum atomic E-state index is 13.0. The summed E-state index contributed by atoms with van der Waals surface area (Å²) in [5, 5.41) is 14.0. The molecule has 0 heterocycles. The number of rotatable bonds is 58. The summed E-state index contributed by atoms with van der Waals surface area (Å²) < 4.78 is 23.4. The topological polar surface area (TPSA) is 108 Å². The summed E-state index contributed by atoms with van der Waals surface area (Å²) in [7, 11) is 1.28. The molecule has 0 aliphatic carbocycles. The van der Waals surface area contributed by atoms with Gasteiger partial charge in [0.1, 0.15) is 13.2 Å². The smallest absolute Gasteiger partial charge is 0.268 e. The Bertz CT molecular complexity index is 1390. The number of phosphoric acid groups is 1. The molecule has 0 aromatic rings. The zero-order chi connectivity index (χ0) is 54.2. The van der Waals surface area contributed by atoms with E-state index in [0.717, 1.165) is 77.0 Å². The number of allylic oxidation sites excluding steroid dienone is 10. The van der Waals surface area contributed by atoms with Crippen LogP contribution in [0.2, 0.25) is 0 Å². The lowest BCUT2D eigenvalue weighted by atomic mass is 10.0. The number of carbonyl (C=O) groups is 1. The van der Waals surface area contributed by atoms with Crippen molar-refractivity contribution < 1.29 is 32.9 Å². The largest absolute Gasteiger partial charge is 0.756 e. The Morgan fingerprint density at radius 3 is 1.19 bits per heavy atom. The quantitative estimate of drug-likeness (QED) is 0.0272. The summed E-state index contributed by atoms with van der Waals surface area (Å²) >= 11 is 0. The van der Waals surface area contributed by atoms with Gasteiger partial charge < -0.3 is 28.8 Å². The molecule has 3 unspecified atom stereocenters. The minimum atomic E-state index is -4.59. The van der Waals surface area contributed by atoms with Crippen molar-refractivity contribution in [3.63, 3.8) is 0 Å². The fraction of sp³-hybridized carbons (Fsp3) is 0.831. The summed E-state index contributed by atoms with van der Waals surface area (Å²) in [4.78, 5) is 25.5. The highest BCUT2D eigenvalue weighted by Crippen LogP contribution is 2.38. The van der Waals surface area contributed by atoms with E-state index in [2.05, 4.69) is 79.9 Å². The molecule has 0 aliphatic rings. The number of nitrogens with zero attached hydrogens (tertiary/aromatic N) is 1. The number of amides is 1. The van der Waals surface area contributed by atoms with E-state index in [9.17, 15) is 19.4 Å². The minimum Gasteiger partial charge on any atom is -0.756 e. The molecule has 0 spiro atoms. The molecule has 74 heavy (non-hydrogen) atoms. The molecule has 434 valence electrons. The first-order chi connectivity index (χ1) is 36.0. The second-order valence-electron chi connectivity index (χ2n) is 22.7. The molecule has 0 fully saturated rings. The van der Waals surface area contributed by atoms with Gasteiger partial charge in [-0.1, -0.05) is 293 Å². The summed E-state index contributed by atoms with van der Waals surface area (Å²) in [6.45, 7) is 4.61. The molecule has 0 bridgehead atoms. The van der Waals surface area contributed by atoms with Gasteiger partial charge in [-0.2, -0.15) is 0 Å². The zero-order valence-corrected chi connectivity index (χ0v) is 50.4. The molecule has 0 saturated carbocycles. The molecule has 3 atom stereocenters. The highest BCUT2D eigenvalue weighted by molar-refractivity contribution is 7.45. The molecule has 0 aromatic heterocycles. The van der Waals surface area contributed by atoms with Crippen LogP contribution in [-0.2, 0) is 18.4 Å². The van der Waals surface area contributed by atoms with Gasteiger partial charge in [-0.3, -0.25) is 9.36 Å². The van der Waals surface area contributed by atoms with E-state index < -0.39 is 20.0 Å². The Morgan fingerprint density at radius 2 is 0.824 bits per heavy atom. The Kier molecular flexibility index (Phi) is 54.6. The van der Waals surface area contributed by atoms with Crippen LogP contribution in [0.15, 0.2) is 60.8 Å². The van der Waals surface area contributed by atoms with Crippen LogP contribution < -0.4 is 10.2 Å². The lowest BCUT2D eigenvalue weighted by Gasteiger charge is -2.30. The van der Waals surface area contributed by atoms with Crippen molar-refractivity contribution in [3.05, 3.63) is 60.8 Å². The zero-order valence-electron chi connectivity index (χ0n) is 49.5. The Labute approximate surface area is 460 Å². The van der Waals surface area contributed by atoms with Crippen LogP contribution in [0.3, 0.4) is 0 Å². The number of carbonyl (C=O) groups excluding carboxylic acids is 1. The summed E-state index contributed by atoms with van der Waals surface area (Å²) in [5.41, 5.74) is 0. The number of nitrogens with one attached hydrogen (secondary N) is 1. The first kappa shape index (κ1) is 72.2. The molecule has 0 saturated heterocycles. The van der Waals surface area contributed by atoms with Crippen molar-refractivity contribution in [1.82, 2.24) is 5.32 Å². The van der Waals surface area contributed by atoms with Crippen LogP contribution >= 0.6 is 7.82 Å². The van der Waals surface area contributed by atoms with E-state index in [1.807, 2.05) is 21.1 Å². The number of hydrogen-bond donors (Lipinski definition) is 2. The molecule has 0 aromatic carbocycles. The predicted molar refractivity (Wildman–Crippen MR) is 321 cm³/mol. The molecule has 0 radical (unpaired) electrons. The van der Waals surface area contributed by atoms with Crippen LogP contribution in [0.4, 0.5) is 0 Å². The van der Waals surface area contributed by atoms with E-state index in [4.69, 9.17) is 9.05 Å². The number of aliphatic hydroxyl groups is 1. The monoisotopic (exact) mass is 1060 g/mol. The van der Waals surface area contributed by atoms with Crippen LogP contribution in [0, 0.1) is 0 Å². The highest BCUT2D eigenvalue weighted by atomic mass is 31.2. The average Bonchev–Trinajstić information content (AvgIpc) is 3.36. The Morgan fingerprint density at radius 1 is 0.486 bits per heavy atom. The lowest BCUT2D eigenvalue weighted by molar-refractivity contribution is -0.870. The molecule has 0 aliphatic heterocycles. The molecule has 2 N–H and O–H groups in total. The lowest BCUT2D eigenvalue weighted by Crippen LogP contribution is -2.46. The highest BCUT2D eigenvalue weighted by Gasteiger charge is 2.24. The maximum Gasteiger partial charge on any atom is 0.268 e. The fourth-order valence-corrected chi connectivity index (χ4v) is 10.1. The van der Waals surface area contributed by atoms with Crippen molar-refractivity contribution >= 4 is 13.7 Å². The van der Waals surface area contributed by atoms with E-state index >= 15 is 0 Å². The van der Waals surface area contributed by atoms with Crippen LogP contribution in [0.1, 0.15) is 296 Å². The fourth-order valence-electron chi connectivity index (χ4n) is 9.36. The van der Waals surface area contributed by atoms with Gasteiger partial charge >= 0.3 is 0 Å². The molecule has 1 amide bonds. The first-order valence-electron chi connectivity index (χ1n) is 31.6. The molecular formula is C65H123N2O6P. The molecular weight excluding hydrogens is 936 g/mol. The maximum absolute atomic E-state index is 13.0. The van der Waals surface area contributed by atoms with Crippen LogP contribution in [0.5, 0.6) is 0 Å². The summed E-state index contributed by atoms with van der Waals surface area (Å²) in [5.74, 6) is -0.194. The number of hydrogen-bond acceptors (Lipinski definition) is 6. The third-order valence-electron chi connectivity index (χ3n) is 14.3. The van der Waals surface area contributed by atoms with Crippen molar-refractivity contribution in [2.45, 2.75) is 309 Å². The van der Waals surface area contributed by atoms with Crippen molar-refractivity contribution in [3.8, 4) is 0 Å². The van der Waals surface area contributed by atoms with Gasteiger partial charge in [0, 0.05) is 6.42 Å². The number of likely N-dealkylation sites (N-methyl/N-ethyl adjacent to an activating group) is 1. The molecule has 0 rings (SSSR count). The second-order valence-corrected chi connectivity index (χ2v) is 24.2. The van der Waals surface area contributed by atoms with Gasteiger partial charge in [-0.05, 0) is 57.8 Å². The third kappa shape index (κ3) is 57.9. The Balaban J connectivity index is 4.06. The molecule has 9 heteroatoms. The van der Waals surface area contributed by atoms with Gasteiger partial charge in [0.2, 0.25) is 5.91 Å². The SMILES string of the molecule is CC/C=C\C/C=C\C/C=C\C/C=C\C/C=C\CCCCCC(=O)NC(COP(=O)([O-])OCC[N+](C)(C)C)C(O)CCCCCCCCCCCCCCCCCCCCCCCCCCCCCCCCCCC. The molecule has 8 nitrogen and oxygen atoms in total. The number of phosphoric ester groups is 1. The summed E-state index contributed by atoms with van der Waals surface area (Å²) in [6.07, 6.45) is 75.8. The average molecular weight is 1060 g/mol. The van der Waals surface area contributed by atoms with Gasteiger partial charge in [0.15, 0.2) is 0 Å². The van der Waals surface area contributed by atoms with Crippen LogP contribution in [-0.4, -0.2) is 68.5 Å². The number of aliphatic hydroxyl groups excluding tert-OH is 1. The van der Waals surface area contributed by atoms with Gasteiger partial charge in [0.05, 0.1) is 39.9 Å². The standard InChI is InChI=1S/C65H123N2O6P/c1-6-8-10-12-14-16-18-20-22-24-26-27-28-29-30-31-32-33-34-35-36-37-38-39-41-42-44-46-48-50-52-54-56-58-64(68)63(62-73-74(70,71)72-61-60-67(3,4)5)66-65(69)59-57-55-53-51-49-47-45-43-40-25-23-21-19-17-15-13-11-9-7-2/h9,11,15,17,21,23,40,43,47,49,63-64,68H,6-8,10,12-14,16,18-20,22,24-39,41-42,44-46,48,50-62H2,1-5H3,(H-,66,69,70,71)/b11-9-,17-15-,23-21-,43-40-,49-47-. The normalized spacial score (nSPS) is 14.2. The van der Waals surface area contributed by atoms with E-state index in [-0.39, 0.29) is 19.1 Å². The van der Waals surface area contributed by atoms with Gasteiger partial charge in [-0.25, -0.2) is 0 Å². The first-order valence-corrected chi connectivity index (χ1v) is 33.1. The Hall–Kier alpha value is -1.80. The van der Waals surface area contributed by atoms with Crippen LogP contribution in [0.25, 0.3) is 0 Å².